The zero-order valence-electron chi connectivity index (χ0n) is 13.7. The molecule has 0 amide bonds. The van der Waals surface area contributed by atoms with Crippen LogP contribution >= 0.6 is 0 Å². The quantitative estimate of drug-likeness (QED) is 0.783. The maximum Gasteiger partial charge on any atom is 0.123 e. The number of nitrogens with one attached hydrogen (secondary N) is 1. The molecule has 2 aromatic rings. The van der Waals surface area contributed by atoms with Gasteiger partial charge in [0.05, 0.1) is 12.2 Å². The lowest BCUT2D eigenvalue weighted by Gasteiger charge is -2.23. The minimum atomic E-state index is -0.644. The Morgan fingerprint density at radius 1 is 1.30 bits per heavy atom. The lowest BCUT2D eigenvalue weighted by atomic mass is 10.1. The number of aryl methyl sites for hydroxylation is 1. The molecule has 0 saturated heterocycles. The van der Waals surface area contributed by atoms with Gasteiger partial charge in [-0.15, -0.1) is 0 Å². The number of aliphatic hydroxyl groups is 1. The van der Waals surface area contributed by atoms with Crippen molar-refractivity contribution in [2.45, 2.75) is 39.0 Å². The minimum absolute atomic E-state index is 0.148. The first-order valence-corrected chi connectivity index (χ1v) is 7.76. The molecule has 0 aliphatic heterocycles. The molecule has 23 heavy (non-hydrogen) atoms. The Hall–Kier alpha value is -1.92. The Morgan fingerprint density at radius 2 is 2.00 bits per heavy atom. The fraction of sp³-hybridized carbons (Fsp3) is 0.471. The Bertz CT molecular complexity index is 600. The largest absolute Gasteiger partial charge is 0.491 e. The maximum atomic E-state index is 12.8. The van der Waals surface area contributed by atoms with E-state index in [2.05, 4.69) is 24.3 Å². The fourth-order valence-electron chi connectivity index (χ4n) is 2.16. The highest BCUT2D eigenvalue weighted by molar-refractivity contribution is 5.22. The summed E-state index contributed by atoms with van der Waals surface area (Å²) in [6.45, 7) is 6.69. The summed E-state index contributed by atoms with van der Waals surface area (Å²) in [5.41, 5.74) is 1.12. The number of rotatable bonds is 8. The van der Waals surface area contributed by atoms with Crippen molar-refractivity contribution in [3.63, 3.8) is 0 Å². The van der Waals surface area contributed by atoms with Gasteiger partial charge in [0.15, 0.2) is 0 Å². The van der Waals surface area contributed by atoms with Crippen molar-refractivity contribution in [2.24, 2.45) is 0 Å². The molecule has 2 rings (SSSR count). The number of aliphatic hydroxyl groups excluding tert-OH is 1. The van der Waals surface area contributed by atoms with E-state index >= 15 is 0 Å². The molecule has 6 heteroatoms. The molecule has 1 aromatic heterocycles. The van der Waals surface area contributed by atoms with E-state index in [0.717, 1.165) is 5.56 Å². The molecule has 1 aromatic carbocycles. The molecule has 0 fully saturated rings. The molecular weight excluding hydrogens is 297 g/mol. The highest BCUT2D eigenvalue weighted by Crippen LogP contribution is 2.12. The Labute approximate surface area is 136 Å². The van der Waals surface area contributed by atoms with Gasteiger partial charge < -0.3 is 15.2 Å². The first kappa shape index (κ1) is 17.4. The van der Waals surface area contributed by atoms with Gasteiger partial charge in [0.1, 0.15) is 24.3 Å². The third-order valence-electron chi connectivity index (χ3n) is 3.80. The topological polar surface area (TPSA) is 59.3 Å². The summed E-state index contributed by atoms with van der Waals surface area (Å²) in [5.74, 6) is 0.232. The molecule has 3 atom stereocenters. The van der Waals surface area contributed by atoms with Crippen molar-refractivity contribution >= 4 is 0 Å². The van der Waals surface area contributed by atoms with Crippen LogP contribution in [0.25, 0.3) is 0 Å². The lowest BCUT2D eigenvalue weighted by molar-refractivity contribution is 0.102. The molecule has 0 spiro atoms. The van der Waals surface area contributed by atoms with Crippen molar-refractivity contribution in [3.05, 3.63) is 48.0 Å². The van der Waals surface area contributed by atoms with Crippen LogP contribution < -0.4 is 10.1 Å². The molecule has 126 valence electrons. The van der Waals surface area contributed by atoms with Crippen LogP contribution in [0.2, 0.25) is 0 Å². The fourth-order valence-corrected chi connectivity index (χ4v) is 2.16. The van der Waals surface area contributed by atoms with Gasteiger partial charge in [-0.1, -0.05) is 0 Å². The van der Waals surface area contributed by atoms with E-state index in [1.54, 1.807) is 12.1 Å². The summed E-state index contributed by atoms with van der Waals surface area (Å²) in [5, 5.41) is 17.6. The standard InChI is InChI=1S/C17H24FN3O2/c1-12-8-20-21(10-12)14(3)13(2)19-9-16(22)11-23-17-6-4-15(18)5-7-17/h4-8,10,13-14,16,19,22H,9,11H2,1-3H3. The van der Waals surface area contributed by atoms with Crippen molar-refractivity contribution in [1.82, 2.24) is 15.1 Å². The Kier molecular flexibility index (Phi) is 6.12. The van der Waals surface area contributed by atoms with Crippen molar-refractivity contribution in [1.29, 1.82) is 0 Å². The van der Waals surface area contributed by atoms with Gasteiger partial charge >= 0.3 is 0 Å². The first-order valence-electron chi connectivity index (χ1n) is 7.76. The molecule has 0 saturated carbocycles. The SMILES string of the molecule is Cc1cnn(C(C)C(C)NCC(O)COc2ccc(F)cc2)c1. The van der Waals surface area contributed by atoms with Crippen LogP contribution in [0.15, 0.2) is 36.7 Å². The van der Waals surface area contributed by atoms with Gasteiger partial charge in [-0.05, 0) is 50.6 Å². The first-order chi connectivity index (χ1) is 11.0. The average molecular weight is 321 g/mol. The van der Waals surface area contributed by atoms with E-state index in [1.807, 2.05) is 24.0 Å². The van der Waals surface area contributed by atoms with Crippen molar-refractivity contribution in [2.75, 3.05) is 13.2 Å². The van der Waals surface area contributed by atoms with Gasteiger partial charge in [-0.3, -0.25) is 4.68 Å². The van der Waals surface area contributed by atoms with Crippen LogP contribution in [-0.4, -0.2) is 40.2 Å². The molecular formula is C17H24FN3O2. The van der Waals surface area contributed by atoms with Crippen molar-refractivity contribution < 1.29 is 14.2 Å². The second kappa shape index (κ2) is 8.08. The Balaban J connectivity index is 1.72. The van der Waals surface area contributed by atoms with Gasteiger partial charge in [-0.2, -0.15) is 5.10 Å². The number of aromatic nitrogens is 2. The summed E-state index contributed by atoms with van der Waals surface area (Å²) in [6.07, 6.45) is 3.18. The van der Waals surface area contributed by atoms with E-state index in [9.17, 15) is 9.50 Å². The van der Waals surface area contributed by atoms with E-state index in [4.69, 9.17) is 4.74 Å². The number of benzene rings is 1. The van der Waals surface area contributed by atoms with Gasteiger partial charge in [-0.25, -0.2) is 4.39 Å². The van der Waals surface area contributed by atoms with Gasteiger partial charge in [0.25, 0.3) is 0 Å². The van der Waals surface area contributed by atoms with E-state index < -0.39 is 6.10 Å². The van der Waals surface area contributed by atoms with Crippen LogP contribution in [0.4, 0.5) is 4.39 Å². The number of ether oxygens (including phenoxy) is 1. The molecule has 1 heterocycles. The average Bonchev–Trinajstić information content (AvgIpc) is 2.97. The molecule has 2 N–H and O–H groups in total. The van der Waals surface area contributed by atoms with Crippen molar-refractivity contribution in [3.8, 4) is 5.75 Å². The highest BCUT2D eigenvalue weighted by Gasteiger charge is 2.16. The molecule has 0 radical (unpaired) electrons. The number of halogens is 1. The monoisotopic (exact) mass is 321 g/mol. The van der Waals surface area contributed by atoms with Crippen LogP contribution in [0, 0.1) is 12.7 Å². The minimum Gasteiger partial charge on any atom is -0.491 e. The predicted octanol–water partition coefficient (Wildman–Crippen LogP) is 2.31. The summed E-state index contributed by atoms with van der Waals surface area (Å²) >= 11 is 0. The zero-order chi connectivity index (χ0) is 16.8. The normalized spacial score (nSPS) is 15.2. The molecule has 3 unspecified atom stereocenters. The highest BCUT2D eigenvalue weighted by atomic mass is 19.1. The molecule has 0 bridgehead atoms. The predicted molar refractivity (Wildman–Crippen MR) is 87.0 cm³/mol. The van der Waals surface area contributed by atoms with E-state index in [1.165, 1.54) is 12.1 Å². The van der Waals surface area contributed by atoms with Gasteiger partial charge in [0.2, 0.25) is 0 Å². The number of hydrogen-bond acceptors (Lipinski definition) is 4. The lowest BCUT2D eigenvalue weighted by Crippen LogP contribution is -2.40. The molecule has 0 aliphatic carbocycles. The number of hydrogen-bond donors (Lipinski definition) is 2. The second-order valence-electron chi connectivity index (χ2n) is 5.85. The maximum absolute atomic E-state index is 12.8. The summed E-state index contributed by atoms with van der Waals surface area (Å²) in [6, 6.07) is 6.06. The zero-order valence-corrected chi connectivity index (χ0v) is 13.7. The van der Waals surface area contributed by atoms with Crippen LogP contribution in [0.5, 0.6) is 5.75 Å². The molecule has 0 aliphatic rings. The smallest absolute Gasteiger partial charge is 0.123 e. The summed E-state index contributed by atoms with van der Waals surface area (Å²) in [7, 11) is 0. The summed E-state index contributed by atoms with van der Waals surface area (Å²) < 4.78 is 20.1. The number of nitrogens with zero attached hydrogens (tertiary/aromatic N) is 2. The van der Waals surface area contributed by atoms with Gasteiger partial charge in [0, 0.05) is 18.8 Å². The van der Waals surface area contributed by atoms with Crippen LogP contribution in [-0.2, 0) is 0 Å². The van der Waals surface area contributed by atoms with Crippen LogP contribution in [0.3, 0.4) is 0 Å². The third kappa shape index (κ3) is 5.33. The van der Waals surface area contributed by atoms with E-state index in [-0.39, 0.29) is 24.5 Å². The molecule has 5 nitrogen and oxygen atoms in total. The second-order valence-corrected chi connectivity index (χ2v) is 5.85. The summed E-state index contributed by atoms with van der Waals surface area (Å²) in [4.78, 5) is 0. The van der Waals surface area contributed by atoms with Crippen LogP contribution in [0.1, 0.15) is 25.5 Å². The van der Waals surface area contributed by atoms with E-state index in [0.29, 0.717) is 12.3 Å². The third-order valence-corrected chi connectivity index (χ3v) is 3.80. The Morgan fingerprint density at radius 3 is 2.61 bits per heavy atom.